The Kier molecular flexibility index (Phi) is 8.61. The van der Waals surface area contributed by atoms with Crippen LogP contribution in [0.3, 0.4) is 0 Å². The summed E-state index contributed by atoms with van der Waals surface area (Å²) in [5, 5.41) is 2.59. The van der Waals surface area contributed by atoms with Crippen LogP contribution in [0.15, 0.2) is 42.5 Å². The minimum atomic E-state index is -3.60. The Labute approximate surface area is 207 Å². The SMILES string of the molecule is CNC(=O)C(C)N(Cc1ccc(C)cc1)C(=O)CCCN(c1ccc2c(c1)OCCO2)S(C)(=O)=O. The highest BCUT2D eigenvalue weighted by Crippen LogP contribution is 2.34. The zero-order valence-corrected chi connectivity index (χ0v) is 21.4. The maximum absolute atomic E-state index is 13.2. The number of nitrogens with zero attached hydrogens (tertiary/aromatic N) is 2. The summed E-state index contributed by atoms with van der Waals surface area (Å²) in [7, 11) is -2.07. The monoisotopic (exact) mass is 503 g/mol. The number of aryl methyl sites for hydroxylation is 1. The van der Waals surface area contributed by atoms with Crippen molar-refractivity contribution in [1.82, 2.24) is 10.2 Å². The second-order valence-corrected chi connectivity index (χ2v) is 10.5. The summed E-state index contributed by atoms with van der Waals surface area (Å²) in [5.74, 6) is 0.567. The van der Waals surface area contributed by atoms with Crippen molar-refractivity contribution >= 4 is 27.5 Å². The van der Waals surface area contributed by atoms with Gasteiger partial charge in [0.15, 0.2) is 11.5 Å². The molecule has 0 radical (unpaired) electrons. The van der Waals surface area contributed by atoms with Crippen LogP contribution in [0, 0.1) is 6.92 Å². The van der Waals surface area contributed by atoms with Gasteiger partial charge < -0.3 is 19.7 Å². The lowest BCUT2D eigenvalue weighted by Gasteiger charge is -2.29. The van der Waals surface area contributed by atoms with E-state index >= 15 is 0 Å². The molecule has 10 heteroatoms. The van der Waals surface area contributed by atoms with Crippen LogP contribution in [0.25, 0.3) is 0 Å². The molecule has 2 aromatic rings. The number of ether oxygens (including phenoxy) is 2. The number of amides is 2. The van der Waals surface area contributed by atoms with Gasteiger partial charge in [0.1, 0.15) is 19.3 Å². The highest BCUT2D eigenvalue weighted by molar-refractivity contribution is 7.92. The van der Waals surface area contributed by atoms with Gasteiger partial charge in [-0.2, -0.15) is 0 Å². The summed E-state index contributed by atoms with van der Waals surface area (Å²) in [4.78, 5) is 27.0. The predicted molar refractivity (Wildman–Crippen MR) is 134 cm³/mol. The number of fused-ring (bicyclic) bond motifs is 1. The second-order valence-electron chi connectivity index (χ2n) is 8.56. The molecule has 1 N–H and O–H groups in total. The van der Waals surface area contributed by atoms with Gasteiger partial charge in [-0.15, -0.1) is 0 Å². The first-order valence-corrected chi connectivity index (χ1v) is 13.4. The van der Waals surface area contributed by atoms with Gasteiger partial charge in [-0.05, 0) is 38.0 Å². The summed E-state index contributed by atoms with van der Waals surface area (Å²) < 4.78 is 37.4. The molecule has 0 saturated carbocycles. The fraction of sp³-hybridized carbons (Fsp3) is 0.440. The second kappa shape index (κ2) is 11.4. The molecule has 9 nitrogen and oxygen atoms in total. The molecule has 1 atom stereocenters. The van der Waals surface area contributed by atoms with E-state index in [1.165, 1.54) is 16.3 Å². The Balaban J connectivity index is 1.72. The zero-order chi connectivity index (χ0) is 25.6. The summed E-state index contributed by atoms with van der Waals surface area (Å²) >= 11 is 0. The Morgan fingerprint density at radius 3 is 2.34 bits per heavy atom. The largest absolute Gasteiger partial charge is 0.486 e. The summed E-state index contributed by atoms with van der Waals surface area (Å²) in [6.07, 6.45) is 1.50. The minimum Gasteiger partial charge on any atom is -0.486 e. The number of hydrogen-bond donors (Lipinski definition) is 1. The molecule has 0 fully saturated rings. The molecule has 1 unspecified atom stereocenters. The Hall–Kier alpha value is -3.27. The number of rotatable bonds is 10. The normalized spacial score (nSPS) is 13.6. The van der Waals surface area contributed by atoms with E-state index < -0.39 is 16.1 Å². The zero-order valence-electron chi connectivity index (χ0n) is 20.6. The molecule has 1 heterocycles. The van der Waals surface area contributed by atoms with E-state index in [1.807, 2.05) is 31.2 Å². The molecule has 0 spiro atoms. The molecular formula is C25H33N3O6S. The molecule has 1 aliphatic heterocycles. The van der Waals surface area contributed by atoms with Gasteiger partial charge in [-0.25, -0.2) is 8.42 Å². The molecule has 0 saturated heterocycles. The van der Waals surface area contributed by atoms with Crippen molar-refractivity contribution in [2.45, 2.75) is 39.3 Å². The van der Waals surface area contributed by atoms with Crippen molar-refractivity contribution in [1.29, 1.82) is 0 Å². The van der Waals surface area contributed by atoms with Crippen LogP contribution in [0.5, 0.6) is 11.5 Å². The highest BCUT2D eigenvalue weighted by atomic mass is 32.2. The van der Waals surface area contributed by atoms with Crippen molar-refractivity contribution in [3.8, 4) is 11.5 Å². The maximum Gasteiger partial charge on any atom is 0.242 e. The smallest absolute Gasteiger partial charge is 0.242 e. The van der Waals surface area contributed by atoms with Gasteiger partial charge in [0.05, 0.1) is 11.9 Å². The average molecular weight is 504 g/mol. The lowest BCUT2D eigenvalue weighted by atomic mass is 10.1. The Bertz CT molecular complexity index is 1150. The maximum atomic E-state index is 13.2. The number of sulfonamides is 1. The first-order valence-electron chi connectivity index (χ1n) is 11.5. The number of hydrogen-bond acceptors (Lipinski definition) is 6. The van der Waals surface area contributed by atoms with E-state index in [0.717, 1.165) is 17.4 Å². The molecule has 2 amide bonds. The number of anilines is 1. The third kappa shape index (κ3) is 6.88. The van der Waals surface area contributed by atoms with Gasteiger partial charge in [0.25, 0.3) is 0 Å². The predicted octanol–water partition coefficient (Wildman–Crippen LogP) is 2.48. The molecule has 3 rings (SSSR count). The fourth-order valence-corrected chi connectivity index (χ4v) is 4.83. The number of nitrogens with one attached hydrogen (secondary N) is 1. The lowest BCUT2D eigenvalue weighted by molar-refractivity contribution is -0.140. The van der Waals surface area contributed by atoms with E-state index in [4.69, 9.17) is 9.47 Å². The minimum absolute atomic E-state index is 0.0871. The quantitative estimate of drug-likeness (QED) is 0.534. The fourth-order valence-electron chi connectivity index (χ4n) is 3.87. The lowest BCUT2D eigenvalue weighted by Crippen LogP contribution is -2.46. The first-order chi connectivity index (χ1) is 16.6. The van der Waals surface area contributed by atoms with Crippen molar-refractivity contribution in [2.24, 2.45) is 0 Å². The van der Waals surface area contributed by atoms with Crippen LogP contribution in [0.1, 0.15) is 30.9 Å². The van der Waals surface area contributed by atoms with E-state index in [1.54, 1.807) is 25.1 Å². The topological polar surface area (TPSA) is 105 Å². The van der Waals surface area contributed by atoms with Gasteiger partial charge in [-0.1, -0.05) is 29.8 Å². The summed E-state index contributed by atoms with van der Waals surface area (Å²) in [5.41, 5.74) is 2.46. The van der Waals surface area contributed by atoms with Crippen molar-refractivity contribution in [3.05, 3.63) is 53.6 Å². The standard InChI is InChI=1S/C25H33N3O6S/c1-18-7-9-20(10-8-18)17-27(19(2)25(30)26-3)24(29)6-5-13-28(35(4,31)32)21-11-12-22-23(16-21)34-15-14-33-22/h7-12,16,19H,5-6,13-15,17H2,1-4H3,(H,26,30). The van der Waals surface area contributed by atoms with Gasteiger partial charge in [-0.3, -0.25) is 13.9 Å². The number of benzene rings is 2. The van der Waals surface area contributed by atoms with Crippen molar-refractivity contribution in [3.63, 3.8) is 0 Å². The van der Waals surface area contributed by atoms with Crippen LogP contribution < -0.4 is 19.1 Å². The Morgan fingerprint density at radius 1 is 1.06 bits per heavy atom. The van der Waals surface area contributed by atoms with Crippen LogP contribution in [-0.4, -0.2) is 64.2 Å². The van der Waals surface area contributed by atoms with Crippen LogP contribution in [0.4, 0.5) is 5.69 Å². The third-order valence-electron chi connectivity index (χ3n) is 5.85. The molecule has 0 bridgehead atoms. The first kappa shape index (κ1) is 26.3. The summed E-state index contributed by atoms with van der Waals surface area (Å²) in [6.45, 7) is 4.89. The number of carbonyl (C=O) groups is 2. The van der Waals surface area contributed by atoms with E-state index in [0.29, 0.717) is 30.4 Å². The average Bonchev–Trinajstić information content (AvgIpc) is 2.84. The van der Waals surface area contributed by atoms with E-state index in [2.05, 4.69) is 5.32 Å². The Morgan fingerprint density at radius 2 is 1.71 bits per heavy atom. The third-order valence-corrected chi connectivity index (χ3v) is 7.05. The molecular weight excluding hydrogens is 470 g/mol. The molecule has 2 aromatic carbocycles. The molecule has 35 heavy (non-hydrogen) atoms. The van der Waals surface area contributed by atoms with Crippen LogP contribution in [-0.2, 0) is 26.2 Å². The van der Waals surface area contributed by atoms with Crippen LogP contribution >= 0.6 is 0 Å². The van der Waals surface area contributed by atoms with E-state index in [9.17, 15) is 18.0 Å². The van der Waals surface area contributed by atoms with Crippen molar-refractivity contribution < 1.29 is 27.5 Å². The number of carbonyl (C=O) groups excluding carboxylic acids is 2. The molecule has 0 aliphatic carbocycles. The van der Waals surface area contributed by atoms with Gasteiger partial charge in [0, 0.05) is 32.6 Å². The number of likely N-dealkylation sites (N-methyl/N-ethyl adjacent to an activating group) is 1. The molecule has 0 aromatic heterocycles. The molecule has 1 aliphatic rings. The van der Waals surface area contributed by atoms with Gasteiger partial charge in [0.2, 0.25) is 21.8 Å². The van der Waals surface area contributed by atoms with E-state index in [-0.39, 0.29) is 37.7 Å². The van der Waals surface area contributed by atoms with Crippen LogP contribution in [0.2, 0.25) is 0 Å². The van der Waals surface area contributed by atoms with Gasteiger partial charge >= 0.3 is 0 Å². The molecule has 190 valence electrons. The highest BCUT2D eigenvalue weighted by Gasteiger charge is 2.26. The summed E-state index contributed by atoms with van der Waals surface area (Å²) in [6, 6.07) is 12.1. The van der Waals surface area contributed by atoms with Crippen molar-refractivity contribution in [2.75, 3.05) is 37.4 Å².